The van der Waals surface area contributed by atoms with Crippen molar-refractivity contribution >= 4 is 11.8 Å². The number of rotatable bonds is 2. The number of nitrogens with one attached hydrogen (secondary N) is 1. The predicted octanol–water partition coefficient (Wildman–Crippen LogP) is 2.83. The predicted molar refractivity (Wildman–Crippen MR) is 77.4 cm³/mol. The molecule has 3 rings (SSSR count). The van der Waals surface area contributed by atoms with Crippen LogP contribution in [0.4, 0.5) is 10.6 Å². The van der Waals surface area contributed by atoms with Crippen LogP contribution in [-0.4, -0.2) is 34.0 Å². The number of hydrogen-bond acceptors (Lipinski definition) is 3. The van der Waals surface area contributed by atoms with E-state index < -0.39 is 0 Å². The topological polar surface area (TPSA) is 58.1 Å². The molecular formula is C15H22N4O. The number of aromatic nitrogens is 2. The van der Waals surface area contributed by atoms with Gasteiger partial charge in [0.2, 0.25) is 0 Å². The molecule has 5 heteroatoms. The number of urea groups is 1. The molecule has 1 aliphatic heterocycles. The van der Waals surface area contributed by atoms with Gasteiger partial charge in [0.15, 0.2) is 0 Å². The second-order valence-corrected chi connectivity index (χ2v) is 5.96. The quantitative estimate of drug-likeness (QED) is 0.902. The average molecular weight is 274 g/mol. The van der Waals surface area contributed by atoms with Crippen molar-refractivity contribution in [2.45, 2.75) is 39.0 Å². The van der Waals surface area contributed by atoms with Crippen LogP contribution in [0.1, 0.15) is 37.9 Å². The Morgan fingerprint density at radius 2 is 2.10 bits per heavy atom. The molecule has 2 aliphatic rings. The van der Waals surface area contributed by atoms with E-state index in [0.717, 1.165) is 25.4 Å². The second-order valence-electron chi connectivity index (χ2n) is 5.96. The average Bonchev–Trinajstić information content (AvgIpc) is 3.10. The van der Waals surface area contributed by atoms with Crippen molar-refractivity contribution < 1.29 is 4.79 Å². The van der Waals surface area contributed by atoms with E-state index in [4.69, 9.17) is 0 Å². The van der Waals surface area contributed by atoms with Gasteiger partial charge in [0.25, 0.3) is 0 Å². The summed E-state index contributed by atoms with van der Waals surface area (Å²) in [5.41, 5.74) is 0. The van der Waals surface area contributed by atoms with Gasteiger partial charge in [-0.25, -0.2) is 14.8 Å². The molecule has 108 valence electrons. The molecule has 20 heavy (non-hydrogen) atoms. The Balaban J connectivity index is 1.55. The van der Waals surface area contributed by atoms with Crippen molar-refractivity contribution in [3.63, 3.8) is 0 Å². The first kappa shape index (κ1) is 13.3. The van der Waals surface area contributed by atoms with Crippen LogP contribution in [0.2, 0.25) is 0 Å². The first-order valence-corrected chi connectivity index (χ1v) is 7.58. The highest BCUT2D eigenvalue weighted by Gasteiger charge is 2.33. The molecule has 1 saturated carbocycles. The van der Waals surface area contributed by atoms with Crippen LogP contribution in [0.25, 0.3) is 0 Å². The Hall–Kier alpha value is -1.65. The standard InChI is InChI=1S/C15H22N4O/c1-11-16-8-6-14(17-11)18-15(20)19-9-7-13(10-19)12-4-2-3-5-12/h6,8,12-13H,2-5,7,9-10H2,1H3,(H,16,17,18,20). The minimum absolute atomic E-state index is 0.0244. The third-order valence-corrected chi connectivity index (χ3v) is 4.59. The highest BCUT2D eigenvalue weighted by atomic mass is 16.2. The minimum Gasteiger partial charge on any atom is -0.324 e. The van der Waals surface area contributed by atoms with E-state index in [0.29, 0.717) is 17.6 Å². The lowest BCUT2D eigenvalue weighted by Crippen LogP contribution is -2.33. The van der Waals surface area contributed by atoms with Crippen molar-refractivity contribution in [3.8, 4) is 0 Å². The Morgan fingerprint density at radius 3 is 2.85 bits per heavy atom. The molecule has 1 atom stereocenters. The summed E-state index contributed by atoms with van der Waals surface area (Å²) in [6.45, 7) is 3.60. The van der Waals surface area contributed by atoms with E-state index in [2.05, 4.69) is 15.3 Å². The first-order chi connectivity index (χ1) is 9.72. The zero-order chi connectivity index (χ0) is 13.9. The Kier molecular flexibility index (Phi) is 3.85. The molecule has 5 nitrogen and oxygen atoms in total. The molecule has 1 N–H and O–H groups in total. The molecule has 1 aliphatic carbocycles. The number of aryl methyl sites for hydroxylation is 1. The molecule has 2 heterocycles. The van der Waals surface area contributed by atoms with Crippen LogP contribution >= 0.6 is 0 Å². The Morgan fingerprint density at radius 1 is 1.30 bits per heavy atom. The number of amides is 2. The highest BCUT2D eigenvalue weighted by molar-refractivity contribution is 5.88. The highest BCUT2D eigenvalue weighted by Crippen LogP contribution is 2.36. The SMILES string of the molecule is Cc1nccc(NC(=O)N2CCC(C3CCCC3)C2)n1. The van der Waals surface area contributed by atoms with Crippen LogP contribution in [0.15, 0.2) is 12.3 Å². The van der Waals surface area contributed by atoms with E-state index in [-0.39, 0.29) is 6.03 Å². The zero-order valence-electron chi connectivity index (χ0n) is 12.0. The molecule has 1 aromatic rings. The summed E-state index contributed by atoms with van der Waals surface area (Å²) >= 11 is 0. The van der Waals surface area contributed by atoms with Gasteiger partial charge in [-0.1, -0.05) is 25.7 Å². The summed E-state index contributed by atoms with van der Waals surface area (Å²) in [4.78, 5) is 22.4. The minimum atomic E-state index is -0.0244. The first-order valence-electron chi connectivity index (χ1n) is 7.58. The van der Waals surface area contributed by atoms with Gasteiger partial charge in [0.1, 0.15) is 11.6 Å². The fourth-order valence-corrected chi connectivity index (χ4v) is 3.50. The lowest BCUT2D eigenvalue weighted by Gasteiger charge is -2.20. The van der Waals surface area contributed by atoms with E-state index in [9.17, 15) is 4.79 Å². The maximum Gasteiger partial charge on any atom is 0.323 e. The number of carbonyl (C=O) groups is 1. The van der Waals surface area contributed by atoms with Crippen molar-refractivity contribution in [2.75, 3.05) is 18.4 Å². The van der Waals surface area contributed by atoms with Gasteiger partial charge in [-0.05, 0) is 31.2 Å². The van der Waals surface area contributed by atoms with Gasteiger partial charge in [-0.15, -0.1) is 0 Å². The maximum absolute atomic E-state index is 12.2. The van der Waals surface area contributed by atoms with E-state index >= 15 is 0 Å². The summed E-state index contributed by atoms with van der Waals surface area (Å²) < 4.78 is 0. The zero-order valence-corrected chi connectivity index (χ0v) is 12.0. The lowest BCUT2D eigenvalue weighted by atomic mass is 9.90. The van der Waals surface area contributed by atoms with E-state index in [1.807, 2.05) is 11.8 Å². The lowest BCUT2D eigenvalue weighted by molar-refractivity contribution is 0.218. The fourth-order valence-electron chi connectivity index (χ4n) is 3.50. The van der Waals surface area contributed by atoms with Crippen LogP contribution in [-0.2, 0) is 0 Å². The molecule has 0 bridgehead atoms. The van der Waals surface area contributed by atoms with Gasteiger partial charge < -0.3 is 4.90 Å². The number of nitrogens with zero attached hydrogens (tertiary/aromatic N) is 3. The summed E-state index contributed by atoms with van der Waals surface area (Å²) in [5.74, 6) is 2.81. The molecule has 0 spiro atoms. The fraction of sp³-hybridized carbons (Fsp3) is 0.667. The summed E-state index contributed by atoms with van der Waals surface area (Å²) in [6.07, 6.45) is 8.27. The molecule has 0 radical (unpaired) electrons. The number of likely N-dealkylation sites (tertiary alicyclic amines) is 1. The third kappa shape index (κ3) is 2.92. The van der Waals surface area contributed by atoms with Crippen LogP contribution < -0.4 is 5.32 Å². The summed E-state index contributed by atoms with van der Waals surface area (Å²) in [5, 5.41) is 2.87. The van der Waals surface area contributed by atoms with Crippen molar-refractivity contribution in [1.29, 1.82) is 0 Å². The molecule has 2 fully saturated rings. The smallest absolute Gasteiger partial charge is 0.323 e. The monoisotopic (exact) mass is 274 g/mol. The second kappa shape index (κ2) is 5.77. The number of hydrogen-bond donors (Lipinski definition) is 1. The third-order valence-electron chi connectivity index (χ3n) is 4.59. The van der Waals surface area contributed by atoms with Crippen molar-refractivity contribution in [2.24, 2.45) is 11.8 Å². The molecule has 2 amide bonds. The number of carbonyl (C=O) groups excluding carboxylic acids is 1. The Labute approximate surface area is 119 Å². The molecule has 1 saturated heterocycles. The van der Waals surface area contributed by atoms with Crippen LogP contribution in [0, 0.1) is 18.8 Å². The molecular weight excluding hydrogens is 252 g/mol. The van der Waals surface area contributed by atoms with Crippen LogP contribution in [0.3, 0.4) is 0 Å². The van der Waals surface area contributed by atoms with Gasteiger partial charge >= 0.3 is 6.03 Å². The van der Waals surface area contributed by atoms with Gasteiger partial charge in [-0.3, -0.25) is 5.32 Å². The van der Waals surface area contributed by atoms with Crippen molar-refractivity contribution in [3.05, 3.63) is 18.1 Å². The molecule has 1 unspecified atom stereocenters. The summed E-state index contributed by atoms with van der Waals surface area (Å²) in [6, 6.07) is 1.71. The normalized spacial score (nSPS) is 23.2. The number of anilines is 1. The largest absolute Gasteiger partial charge is 0.324 e. The molecule has 0 aromatic carbocycles. The Bertz CT molecular complexity index is 485. The molecule has 1 aromatic heterocycles. The van der Waals surface area contributed by atoms with Crippen LogP contribution in [0.5, 0.6) is 0 Å². The van der Waals surface area contributed by atoms with Gasteiger partial charge in [0, 0.05) is 19.3 Å². The van der Waals surface area contributed by atoms with Crippen molar-refractivity contribution in [1.82, 2.24) is 14.9 Å². The van der Waals surface area contributed by atoms with E-state index in [1.54, 1.807) is 12.3 Å². The van der Waals surface area contributed by atoms with E-state index in [1.165, 1.54) is 25.7 Å². The van der Waals surface area contributed by atoms with Gasteiger partial charge in [0.05, 0.1) is 0 Å². The maximum atomic E-state index is 12.2. The summed E-state index contributed by atoms with van der Waals surface area (Å²) in [7, 11) is 0. The van der Waals surface area contributed by atoms with Gasteiger partial charge in [-0.2, -0.15) is 0 Å².